The Labute approximate surface area is 153 Å². The van der Waals surface area contributed by atoms with Crippen LogP contribution in [0.5, 0.6) is 0 Å². The molecule has 0 aliphatic heterocycles. The van der Waals surface area contributed by atoms with Crippen LogP contribution in [0.25, 0.3) is 0 Å². The van der Waals surface area contributed by atoms with E-state index in [0.29, 0.717) is 18.5 Å². The zero-order valence-electron chi connectivity index (χ0n) is 16.2. The van der Waals surface area contributed by atoms with Crippen LogP contribution in [0.3, 0.4) is 0 Å². The van der Waals surface area contributed by atoms with E-state index in [9.17, 15) is 9.59 Å². The fraction of sp³-hybridized carbons (Fsp3) is 0.905. The van der Waals surface area contributed by atoms with Gasteiger partial charge in [0.1, 0.15) is 12.6 Å². The van der Waals surface area contributed by atoms with Gasteiger partial charge in [-0.15, -0.1) is 0 Å². The van der Waals surface area contributed by atoms with Crippen LogP contribution >= 0.6 is 0 Å². The van der Waals surface area contributed by atoms with Crippen LogP contribution in [0, 0.1) is 11.8 Å². The van der Waals surface area contributed by atoms with Gasteiger partial charge in [0.2, 0.25) is 0 Å². The zero-order chi connectivity index (χ0) is 18.1. The third-order valence-corrected chi connectivity index (χ3v) is 6.46. The highest BCUT2D eigenvalue weighted by Gasteiger charge is 2.27. The molecule has 2 saturated carbocycles. The molecular formula is C21H38N2O2. The molecule has 2 fully saturated rings. The third-order valence-electron chi connectivity index (χ3n) is 6.46. The highest BCUT2D eigenvalue weighted by molar-refractivity contribution is 5.65. The van der Waals surface area contributed by atoms with Crippen molar-refractivity contribution >= 4 is 12.6 Å². The molecule has 0 radical (unpaired) electrons. The molecule has 4 nitrogen and oxygen atoms in total. The number of carbonyl (C=O) groups excluding carboxylic acids is 2. The van der Waals surface area contributed by atoms with Crippen molar-refractivity contribution in [3.05, 3.63) is 0 Å². The van der Waals surface area contributed by atoms with Crippen molar-refractivity contribution in [1.29, 1.82) is 0 Å². The first-order valence-corrected chi connectivity index (χ1v) is 10.6. The molecule has 2 N–H and O–H groups in total. The predicted molar refractivity (Wildman–Crippen MR) is 103 cm³/mol. The number of carbonyl (C=O) groups is 2. The van der Waals surface area contributed by atoms with E-state index in [4.69, 9.17) is 0 Å². The van der Waals surface area contributed by atoms with E-state index in [1.807, 2.05) is 0 Å². The first-order chi connectivity index (χ1) is 12.1. The van der Waals surface area contributed by atoms with Crippen molar-refractivity contribution < 1.29 is 9.59 Å². The van der Waals surface area contributed by atoms with Crippen molar-refractivity contribution in [2.45, 2.75) is 109 Å². The van der Waals surface area contributed by atoms with Gasteiger partial charge < -0.3 is 20.2 Å². The van der Waals surface area contributed by atoms with Gasteiger partial charge in [0.05, 0.1) is 6.04 Å². The maximum Gasteiger partial charge on any atom is 0.137 e. The average molecular weight is 351 g/mol. The summed E-state index contributed by atoms with van der Waals surface area (Å²) in [4.78, 5) is 21.6. The normalized spacial score (nSPS) is 32.7. The standard InChI is InChI=1S/C21H38N2O2/c1-3-16(2)22-19-8-4-17(5-9-19)14-18-6-10-20(11-7-18)23-21(15-25)12-13-24/h13,15-23H,3-12,14H2,1-2H3. The van der Waals surface area contributed by atoms with Crippen molar-refractivity contribution in [2.24, 2.45) is 11.8 Å². The predicted octanol–water partition coefficient (Wildman–Crippen LogP) is 3.63. The summed E-state index contributed by atoms with van der Waals surface area (Å²) >= 11 is 0. The second-order valence-electron chi connectivity index (χ2n) is 8.46. The topological polar surface area (TPSA) is 58.2 Å². The molecule has 0 bridgehead atoms. The van der Waals surface area contributed by atoms with Crippen molar-refractivity contribution in [3.63, 3.8) is 0 Å². The van der Waals surface area contributed by atoms with E-state index < -0.39 is 0 Å². The van der Waals surface area contributed by atoms with E-state index in [0.717, 1.165) is 43.3 Å². The molecule has 2 rings (SSSR count). The first kappa shape index (κ1) is 20.6. The maximum atomic E-state index is 11.0. The molecule has 0 heterocycles. The molecule has 25 heavy (non-hydrogen) atoms. The molecule has 0 spiro atoms. The lowest BCUT2D eigenvalue weighted by Gasteiger charge is -2.35. The van der Waals surface area contributed by atoms with Crippen LogP contribution in [0.4, 0.5) is 0 Å². The number of aldehydes is 2. The molecule has 0 saturated heterocycles. The smallest absolute Gasteiger partial charge is 0.137 e. The molecule has 0 amide bonds. The van der Waals surface area contributed by atoms with Gasteiger partial charge in [0, 0.05) is 24.5 Å². The zero-order valence-corrected chi connectivity index (χ0v) is 16.2. The lowest BCUT2D eigenvalue weighted by Crippen LogP contribution is -2.42. The molecule has 2 atom stereocenters. The van der Waals surface area contributed by atoms with Gasteiger partial charge in [-0.05, 0) is 83.0 Å². The van der Waals surface area contributed by atoms with Crippen molar-refractivity contribution in [2.75, 3.05) is 0 Å². The van der Waals surface area contributed by atoms with E-state index in [-0.39, 0.29) is 6.04 Å². The Morgan fingerprint density at radius 1 is 0.880 bits per heavy atom. The molecule has 144 valence electrons. The Kier molecular flexibility index (Phi) is 9.11. The molecule has 4 heteroatoms. The summed E-state index contributed by atoms with van der Waals surface area (Å²) in [5.41, 5.74) is 0. The molecule has 2 aliphatic carbocycles. The molecule has 2 aliphatic rings. The Morgan fingerprint density at radius 3 is 1.84 bits per heavy atom. The lowest BCUT2D eigenvalue weighted by atomic mass is 9.75. The summed E-state index contributed by atoms with van der Waals surface area (Å²) in [7, 11) is 0. The summed E-state index contributed by atoms with van der Waals surface area (Å²) in [6, 6.07) is 1.53. The van der Waals surface area contributed by atoms with Crippen molar-refractivity contribution in [3.8, 4) is 0 Å². The maximum absolute atomic E-state index is 11.0. The highest BCUT2D eigenvalue weighted by Crippen LogP contribution is 2.35. The monoisotopic (exact) mass is 350 g/mol. The van der Waals surface area contributed by atoms with Crippen LogP contribution < -0.4 is 10.6 Å². The Morgan fingerprint density at radius 2 is 1.40 bits per heavy atom. The Bertz CT molecular complexity index is 385. The van der Waals surface area contributed by atoms with Crippen LogP contribution in [-0.4, -0.2) is 36.7 Å². The quantitative estimate of drug-likeness (QED) is 0.591. The van der Waals surface area contributed by atoms with Gasteiger partial charge >= 0.3 is 0 Å². The van der Waals surface area contributed by atoms with Crippen molar-refractivity contribution in [1.82, 2.24) is 10.6 Å². The second-order valence-corrected chi connectivity index (χ2v) is 8.46. The number of hydrogen-bond acceptors (Lipinski definition) is 4. The summed E-state index contributed by atoms with van der Waals surface area (Å²) < 4.78 is 0. The van der Waals surface area contributed by atoms with Gasteiger partial charge in [0.15, 0.2) is 0 Å². The highest BCUT2D eigenvalue weighted by atomic mass is 16.1. The van der Waals surface area contributed by atoms with Crippen LogP contribution in [-0.2, 0) is 9.59 Å². The molecule has 0 aromatic carbocycles. The summed E-state index contributed by atoms with van der Waals surface area (Å²) in [5.74, 6) is 1.78. The minimum Gasteiger partial charge on any atom is -0.312 e. The fourth-order valence-electron chi connectivity index (χ4n) is 4.69. The molecule has 2 unspecified atom stereocenters. The van der Waals surface area contributed by atoms with E-state index in [2.05, 4.69) is 24.5 Å². The number of rotatable bonds is 10. The fourth-order valence-corrected chi connectivity index (χ4v) is 4.69. The minimum atomic E-state index is -0.285. The van der Waals surface area contributed by atoms with Gasteiger partial charge in [-0.25, -0.2) is 0 Å². The summed E-state index contributed by atoms with van der Waals surface area (Å²) in [5, 5.41) is 7.12. The summed E-state index contributed by atoms with van der Waals surface area (Å²) in [6.07, 6.45) is 15.0. The van der Waals surface area contributed by atoms with Crippen LogP contribution in [0.1, 0.15) is 84.5 Å². The second kappa shape index (κ2) is 11.1. The van der Waals surface area contributed by atoms with E-state index >= 15 is 0 Å². The number of nitrogens with one attached hydrogen (secondary N) is 2. The number of hydrogen-bond donors (Lipinski definition) is 2. The van der Waals surface area contributed by atoms with E-state index in [1.54, 1.807) is 0 Å². The minimum absolute atomic E-state index is 0.285. The van der Waals surface area contributed by atoms with Gasteiger partial charge in [-0.3, -0.25) is 0 Å². The van der Waals surface area contributed by atoms with Gasteiger partial charge in [-0.2, -0.15) is 0 Å². The third kappa shape index (κ3) is 7.18. The van der Waals surface area contributed by atoms with E-state index in [1.165, 1.54) is 51.4 Å². The molecule has 0 aromatic rings. The van der Waals surface area contributed by atoms with Crippen LogP contribution in [0.2, 0.25) is 0 Å². The lowest BCUT2D eigenvalue weighted by molar-refractivity contribution is -0.114. The SMILES string of the molecule is CCC(C)NC1CCC(CC2CCC(NC(C=O)CC=O)CC2)CC1. The molecular weight excluding hydrogens is 312 g/mol. The average Bonchev–Trinajstić information content (AvgIpc) is 2.64. The largest absolute Gasteiger partial charge is 0.312 e. The van der Waals surface area contributed by atoms with Crippen LogP contribution in [0.15, 0.2) is 0 Å². The summed E-state index contributed by atoms with van der Waals surface area (Å²) in [6.45, 7) is 4.55. The first-order valence-electron chi connectivity index (χ1n) is 10.6. The Hall–Kier alpha value is -0.740. The molecule has 0 aromatic heterocycles. The van der Waals surface area contributed by atoms with Gasteiger partial charge in [-0.1, -0.05) is 6.92 Å². The van der Waals surface area contributed by atoms with Gasteiger partial charge in [0.25, 0.3) is 0 Å². The Balaban J connectivity index is 1.62.